The Morgan fingerprint density at radius 3 is 2.32 bits per heavy atom. The van der Waals surface area contributed by atoms with Gasteiger partial charge in [-0.2, -0.15) is 0 Å². The first-order valence-electron chi connectivity index (χ1n) is 9.31. The van der Waals surface area contributed by atoms with Crippen molar-refractivity contribution in [2.24, 2.45) is 35.0 Å². The molecule has 0 saturated heterocycles. The van der Waals surface area contributed by atoms with Crippen molar-refractivity contribution in [3.05, 3.63) is 0 Å². The molecule has 1 N–H and O–H groups in total. The highest BCUT2D eigenvalue weighted by molar-refractivity contribution is 5.03. The van der Waals surface area contributed by atoms with E-state index in [9.17, 15) is 8.78 Å². The fourth-order valence-electron chi connectivity index (χ4n) is 6.79. The first-order valence-corrected chi connectivity index (χ1v) is 9.31. The molecule has 22 heavy (non-hydrogen) atoms. The van der Waals surface area contributed by atoms with E-state index in [0.717, 1.165) is 37.7 Å². The van der Waals surface area contributed by atoms with Crippen LogP contribution in [-0.4, -0.2) is 18.1 Å². The van der Waals surface area contributed by atoms with Gasteiger partial charge in [0.25, 0.3) is 0 Å². The summed E-state index contributed by atoms with van der Waals surface area (Å²) in [4.78, 5) is 0. The van der Waals surface area contributed by atoms with E-state index in [4.69, 9.17) is 5.11 Å². The molecule has 6 atom stereocenters. The van der Waals surface area contributed by atoms with Gasteiger partial charge in [0.2, 0.25) is 5.92 Å². The normalized spacial score (nSPS) is 49.2. The van der Waals surface area contributed by atoms with Crippen LogP contribution < -0.4 is 0 Å². The minimum atomic E-state index is -2.36. The number of aliphatic hydroxyl groups excluding tert-OH is 1. The number of fused-ring (bicyclic) bond motifs is 5. The van der Waals surface area contributed by atoms with Crippen LogP contribution in [0.25, 0.3) is 0 Å². The van der Waals surface area contributed by atoms with Crippen LogP contribution in [-0.2, 0) is 0 Å². The summed E-state index contributed by atoms with van der Waals surface area (Å²) in [6, 6.07) is 0. The number of halogens is 2. The molecule has 0 amide bonds. The Balaban J connectivity index is 0.000000693. The van der Waals surface area contributed by atoms with Gasteiger partial charge in [-0.05, 0) is 80.0 Å². The molecule has 0 aromatic heterocycles. The zero-order chi connectivity index (χ0) is 16.0. The second-order valence-corrected chi connectivity index (χ2v) is 8.62. The van der Waals surface area contributed by atoms with E-state index in [1.54, 1.807) is 0 Å². The molecule has 0 spiro atoms. The van der Waals surface area contributed by atoms with Gasteiger partial charge < -0.3 is 5.11 Å². The molecule has 0 aliphatic heterocycles. The van der Waals surface area contributed by atoms with Crippen molar-refractivity contribution in [3.63, 3.8) is 0 Å². The van der Waals surface area contributed by atoms with Crippen LogP contribution in [0.5, 0.6) is 0 Å². The number of hydrogen-bond acceptors (Lipinski definition) is 1. The quantitative estimate of drug-likeness (QED) is 0.645. The molecule has 0 radical (unpaired) electrons. The van der Waals surface area contributed by atoms with Gasteiger partial charge in [-0.1, -0.05) is 13.3 Å². The SMILES string of the molecule is CC12CCCC1C1CCC3CC(F)(F)CCC3C1CC2.CO. The summed E-state index contributed by atoms with van der Waals surface area (Å²) in [5, 5.41) is 7.00. The lowest BCUT2D eigenvalue weighted by Crippen LogP contribution is -2.48. The van der Waals surface area contributed by atoms with E-state index >= 15 is 0 Å². The third-order valence-corrected chi connectivity index (χ3v) is 7.70. The molecule has 6 unspecified atom stereocenters. The van der Waals surface area contributed by atoms with Gasteiger partial charge in [0.15, 0.2) is 0 Å². The van der Waals surface area contributed by atoms with Crippen molar-refractivity contribution in [2.75, 3.05) is 7.11 Å². The van der Waals surface area contributed by atoms with Crippen LogP contribution in [0.1, 0.15) is 71.1 Å². The lowest BCUT2D eigenvalue weighted by molar-refractivity contribution is -0.118. The molecule has 4 rings (SSSR count). The Kier molecular flexibility index (Phi) is 4.57. The molecule has 3 heteroatoms. The molecule has 0 bridgehead atoms. The van der Waals surface area contributed by atoms with Crippen molar-refractivity contribution in [1.82, 2.24) is 0 Å². The van der Waals surface area contributed by atoms with Crippen LogP contribution in [0.15, 0.2) is 0 Å². The fraction of sp³-hybridized carbons (Fsp3) is 1.00. The molecular formula is C19H32F2O. The summed E-state index contributed by atoms with van der Waals surface area (Å²) >= 11 is 0. The number of hydrogen-bond donors (Lipinski definition) is 1. The van der Waals surface area contributed by atoms with Crippen LogP contribution in [0.3, 0.4) is 0 Å². The predicted octanol–water partition coefficient (Wildman–Crippen LogP) is 5.27. The highest BCUT2D eigenvalue weighted by Crippen LogP contribution is 2.63. The maximum Gasteiger partial charge on any atom is 0.248 e. The highest BCUT2D eigenvalue weighted by Gasteiger charge is 2.55. The molecule has 4 saturated carbocycles. The average molecular weight is 314 g/mol. The maximum absolute atomic E-state index is 13.7. The van der Waals surface area contributed by atoms with Gasteiger partial charge in [0.1, 0.15) is 0 Å². The van der Waals surface area contributed by atoms with E-state index in [1.165, 1.54) is 38.5 Å². The molecule has 0 aromatic rings. The molecule has 4 aliphatic carbocycles. The minimum absolute atomic E-state index is 0.166. The Morgan fingerprint density at radius 2 is 1.55 bits per heavy atom. The lowest BCUT2D eigenvalue weighted by Gasteiger charge is -2.55. The van der Waals surface area contributed by atoms with E-state index in [2.05, 4.69) is 6.92 Å². The molecular weight excluding hydrogens is 282 g/mol. The Hall–Kier alpha value is -0.180. The number of rotatable bonds is 0. The number of alkyl halides is 2. The average Bonchev–Trinajstić information content (AvgIpc) is 2.89. The summed E-state index contributed by atoms with van der Waals surface area (Å²) in [5.41, 5.74) is 0.604. The van der Waals surface area contributed by atoms with Crippen molar-refractivity contribution in [1.29, 1.82) is 0 Å². The maximum atomic E-state index is 13.7. The predicted molar refractivity (Wildman–Crippen MR) is 84.8 cm³/mol. The van der Waals surface area contributed by atoms with E-state index in [0.29, 0.717) is 17.3 Å². The van der Waals surface area contributed by atoms with Gasteiger partial charge in [-0.25, -0.2) is 8.78 Å². The molecule has 0 heterocycles. The zero-order valence-electron chi connectivity index (χ0n) is 14.2. The van der Waals surface area contributed by atoms with Crippen LogP contribution in [0.4, 0.5) is 8.78 Å². The summed E-state index contributed by atoms with van der Waals surface area (Å²) in [7, 11) is 1.00. The Morgan fingerprint density at radius 1 is 0.818 bits per heavy atom. The van der Waals surface area contributed by atoms with Crippen molar-refractivity contribution in [2.45, 2.75) is 77.1 Å². The van der Waals surface area contributed by atoms with Gasteiger partial charge >= 0.3 is 0 Å². The molecule has 4 fully saturated rings. The van der Waals surface area contributed by atoms with Crippen LogP contribution >= 0.6 is 0 Å². The lowest BCUT2D eigenvalue weighted by atomic mass is 9.50. The summed E-state index contributed by atoms with van der Waals surface area (Å²) in [6.07, 6.45) is 10.5. The second-order valence-electron chi connectivity index (χ2n) is 8.62. The van der Waals surface area contributed by atoms with Crippen LogP contribution in [0.2, 0.25) is 0 Å². The number of aliphatic hydroxyl groups is 1. The topological polar surface area (TPSA) is 20.2 Å². The monoisotopic (exact) mass is 314 g/mol. The Labute approximate surface area is 133 Å². The van der Waals surface area contributed by atoms with Crippen LogP contribution in [0, 0.1) is 35.0 Å². The zero-order valence-corrected chi connectivity index (χ0v) is 14.2. The van der Waals surface area contributed by atoms with Gasteiger partial charge in [0.05, 0.1) is 0 Å². The molecule has 1 nitrogen and oxygen atoms in total. The third-order valence-electron chi connectivity index (χ3n) is 7.70. The second kappa shape index (κ2) is 6.03. The smallest absolute Gasteiger partial charge is 0.248 e. The first-order chi connectivity index (χ1) is 10.5. The summed E-state index contributed by atoms with van der Waals surface area (Å²) in [5.74, 6) is 1.21. The fourth-order valence-corrected chi connectivity index (χ4v) is 6.79. The largest absolute Gasteiger partial charge is 0.400 e. The summed E-state index contributed by atoms with van der Waals surface area (Å²) < 4.78 is 27.4. The molecule has 4 aliphatic rings. The highest BCUT2D eigenvalue weighted by atomic mass is 19.3. The third kappa shape index (κ3) is 2.72. The summed E-state index contributed by atoms with van der Waals surface area (Å²) in [6.45, 7) is 2.52. The van der Waals surface area contributed by atoms with Gasteiger partial charge in [0, 0.05) is 20.0 Å². The van der Waals surface area contributed by atoms with E-state index in [-0.39, 0.29) is 12.8 Å². The molecule has 128 valence electrons. The van der Waals surface area contributed by atoms with E-state index < -0.39 is 5.92 Å². The van der Waals surface area contributed by atoms with Gasteiger partial charge in [-0.15, -0.1) is 0 Å². The molecule has 0 aromatic carbocycles. The van der Waals surface area contributed by atoms with Crippen molar-refractivity contribution < 1.29 is 13.9 Å². The Bertz CT molecular complexity index is 397. The van der Waals surface area contributed by atoms with Crippen molar-refractivity contribution >= 4 is 0 Å². The van der Waals surface area contributed by atoms with E-state index in [1.807, 2.05) is 0 Å². The standard InChI is InChI=1S/C18H28F2.CH4O/c1-17-8-2-3-16(17)15-5-4-12-11-18(19,20)10-7-13(12)14(15)6-9-17;1-2/h12-16H,2-11H2,1H3;2H,1H3. The van der Waals surface area contributed by atoms with Crippen molar-refractivity contribution in [3.8, 4) is 0 Å². The minimum Gasteiger partial charge on any atom is -0.400 e. The first kappa shape index (κ1) is 16.7. The van der Waals surface area contributed by atoms with Gasteiger partial charge in [-0.3, -0.25) is 0 Å².